The van der Waals surface area contributed by atoms with Crippen LogP contribution in [-0.4, -0.2) is 18.4 Å². The second-order valence-electron chi connectivity index (χ2n) is 17.3. The molecule has 2 fully saturated rings. The Hall–Kier alpha value is -3.19. The van der Waals surface area contributed by atoms with Crippen LogP contribution in [0.25, 0.3) is 0 Å². The lowest BCUT2D eigenvalue weighted by Gasteiger charge is -2.34. The Balaban J connectivity index is 0.000000211. The molecule has 2 aliphatic carbocycles. The van der Waals surface area contributed by atoms with Gasteiger partial charge in [-0.25, -0.2) is 4.39 Å². The Morgan fingerprint density at radius 2 is 1.28 bits per heavy atom. The summed E-state index contributed by atoms with van der Waals surface area (Å²) in [5.74, 6) is 1.19. The molecule has 3 aromatic carbocycles. The first-order valence-corrected chi connectivity index (χ1v) is 19.3. The summed E-state index contributed by atoms with van der Waals surface area (Å²) in [5.41, 5.74) is 10.4. The van der Waals surface area contributed by atoms with Gasteiger partial charge in [-0.15, -0.1) is 0 Å². The van der Waals surface area contributed by atoms with Gasteiger partial charge in [0.25, 0.3) is 0 Å². The van der Waals surface area contributed by atoms with Gasteiger partial charge in [0.05, 0.1) is 0 Å². The number of hydrogen-bond donors (Lipinski definition) is 2. The van der Waals surface area contributed by atoms with E-state index in [9.17, 15) is 14.0 Å². The summed E-state index contributed by atoms with van der Waals surface area (Å²) in [6.45, 7) is 18.4. The fourth-order valence-corrected chi connectivity index (χ4v) is 7.83. The van der Waals surface area contributed by atoms with Crippen LogP contribution in [0.5, 0.6) is 0 Å². The van der Waals surface area contributed by atoms with Crippen molar-refractivity contribution in [1.82, 2.24) is 0 Å². The summed E-state index contributed by atoms with van der Waals surface area (Å²) in [6, 6.07) is 13.9. The van der Waals surface area contributed by atoms with Crippen molar-refractivity contribution < 1.29 is 14.0 Å². The minimum Gasteiger partial charge on any atom is -0.367 e. The Morgan fingerprint density at radius 3 is 1.78 bits per heavy atom. The van der Waals surface area contributed by atoms with Crippen LogP contribution in [0.4, 0.5) is 21.5 Å². The SMILES string of the molecule is Cc1cc(Br)cc(C2CCC2)c1NC(=O)CC(C)(C)C.Cc1cc(N2CCc3cc(F)ccc3C2)cc(C2CCC2)c1NC(=O)CC(C)(C)C. The quantitative estimate of drug-likeness (QED) is 0.253. The molecule has 7 heteroatoms. The predicted molar refractivity (Wildman–Crippen MR) is 210 cm³/mol. The number of aryl methyl sites for hydroxylation is 2. The van der Waals surface area contributed by atoms with Gasteiger partial charge in [-0.05, 0) is 138 Å². The van der Waals surface area contributed by atoms with Crippen LogP contribution in [0.3, 0.4) is 0 Å². The van der Waals surface area contributed by atoms with Crippen molar-refractivity contribution in [3.63, 3.8) is 0 Å². The van der Waals surface area contributed by atoms with E-state index in [1.165, 1.54) is 60.9 Å². The molecule has 2 N–H and O–H groups in total. The standard InChI is InChI=1S/C26H33FN2O.C17H24BrNO/c1-17-12-22(29-11-10-19-13-21(27)9-8-20(19)16-29)14-23(18-6-5-7-18)25(17)28-24(30)15-26(2,3)4;1-11-8-13(18)9-14(12-6-5-7-12)16(11)19-15(20)10-17(2,3)4/h8-9,12-14,18H,5-7,10-11,15-16H2,1-4H3,(H,28,30);8-9,12H,5-7,10H2,1-4H3,(H,19,20). The largest absolute Gasteiger partial charge is 0.367 e. The number of hydrogen-bond acceptors (Lipinski definition) is 3. The highest BCUT2D eigenvalue weighted by Crippen LogP contribution is 2.44. The van der Waals surface area contributed by atoms with E-state index >= 15 is 0 Å². The number of carbonyl (C=O) groups excluding carboxylic acids is 2. The minimum atomic E-state index is -0.152. The maximum Gasteiger partial charge on any atom is 0.224 e. The van der Waals surface area contributed by atoms with E-state index in [0.717, 1.165) is 52.0 Å². The molecule has 2 amide bonds. The molecule has 0 atom stereocenters. The second-order valence-corrected chi connectivity index (χ2v) is 18.2. The van der Waals surface area contributed by atoms with Gasteiger partial charge in [-0.3, -0.25) is 9.59 Å². The minimum absolute atomic E-state index is 0.0178. The molecule has 0 radical (unpaired) electrons. The van der Waals surface area contributed by atoms with Crippen molar-refractivity contribution in [2.24, 2.45) is 10.8 Å². The van der Waals surface area contributed by atoms with Crippen molar-refractivity contribution in [2.45, 2.75) is 132 Å². The summed E-state index contributed by atoms with van der Waals surface area (Å²) >= 11 is 3.57. The summed E-state index contributed by atoms with van der Waals surface area (Å²) in [6.07, 6.45) is 9.31. The van der Waals surface area contributed by atoms with Gasteiger partial charge in [0, 0.05) is 47.5 Å². The zero-order valence-corrected chi connectivity index (χ0v) is 33.1. The molecular weight excluding hydrogens is 689 g/mol. The molecule has 2 saturated carbocycles. The molecule has 50 heavy (non-hydrogen) atoms. The maximum atomic E-state index is 13.6. The summed E-state index contributed by atoms with van der Waals surface area (Å²) in [4.78, 5) is 27.3. The molecule has 0 spiro atoms. The van der Waals surface area contributed by atoms with E-state index in [1.54, 1.807) is 12.1 Å². The first kappa shape index (κ1) is 38.1. The van der Waals surface area contributed by atoms with Crippen molar-refractivity contribution in [3.05, 3.63) is 86.1 Å². The van der Waals surface area contributed by atoms with Gasteiger partial charge in [0.2, 0.25) is 11.8 Å². The number of benzene rings is 3. The van der Waals surface area contributed by atoms with Crippen molar-refractivity contribution >= 4 is 44.8 Å². The Labute approximate surface area is 308 Å². The number of halogens is 2. The normalized spacial score (nSPS) is 16.4. The third kappa shape index (κ3) is 9.98. The van der Waals surface area contributed by atoms with Crippen LogP contribution in [-0.2, 0) is 22.6 Å². The number of nitrogens with zero attached hydrogens (tertiary/aromatic N) is 1. The average molecular weight is 747 g/mol. The van der Waals surface area contributed by atoms with Crippen LogP contribution in [0.15, 0.2) is 46.9 Å². The van der Waals surface area contributed by atoms with E-state index in [4.69, 9.17) is 0 Å². The van der Waals surface area contributed by atoms with E-state index in [2.05, 4.69) is 111 Å². The highest BCUT2D eigenvalue weighted by molar-refractivity contribution is 9.10. The predicted octanol–water partition coefficient (Wildman–Crippen LogP) is 11.7. The second kappa shape index (κ2) is 15.6. The van der Waals surface area contributed by atoms with E-state index in [-0.39, 0.29) is 28.5 Å². The van der Waals surface area contributed by atoms with E-state index in [0.29, 0.717) is 24.7 Å². The van der Waals surface area contributed by atoms with Gasteiger partial charge < -0.3 is 15.5 Å². The molecule has 3 aromatic rings. The lowest BCUT2D eigenvalue weighted by atomic mass is 9.78. The van der Waals surface area contributed by atoms with Gasteiger partial charge >= 0.3 is 0 Å². The smallest absolute Gasteiger partial charge is 0.224 e. The molecule has 1 aliphatic heterocycles. The molecule has 1 heterocycles. The number of nitrogens with one attached hydrogen (secondary N) is 2. The average Bonchev–Trinajstić information content (AvgIpc) is 2.93. The van der Waals surface area contributed by atoms with Gasteiger partial charge in [-0.1, -0.05) is 76.4 Å². The molecule has 6 rings (SSSR count). The van der Waals surface area contributed by atoms with Crippen molar-refractivity contribution in [1.29, 1.82) is 0 Å². The third-order valence-corrected chi connectivity index (χ3v) is 10.7. The zero-order valence-electron chi connectivity index (χ0n) is 31.5. The first-order valence-electron chi connectivity index (χ1n) is 18.5. The number of fused-ring (bicyclic) bond motifs is 1. The van der Waals surface area contributed by atoms with E-state index < -0.39 is 0 Å². The summed E-state index contributed by atoms with van der Waals surface area (Å²) in [7, 11) is 0. The Bertz CT molecular complexity index is 1710. The lowest BCUT2D eigenvalue weighted by molar-refractivity contribution is -0.118. The molecule has 0 unspecified atom stereocenters. The van der Waals surface area contributed by atoms with Crippen LogP contribution in [0.1, 0.15) is 138 Å². The lowest BCUT2D eigenvalue weighted by Crippen LogP contribution is -2.31. The zero-order chi connectivity index (χ0) is 36.4. The maximum absolute atomic E-state index is 13.6. The Morgan fingerprint density at radius 1 is 0.760 bits per heavy atom. The summed E-state index contributed by atoms with van der Waals surface area (Å²) in [5, 5.41) is 6.39. The van der Waals surface area contributed by atoms with Gasteiger partial charge in [-0.2, -0.15) is 0 Å². The van der Waals surface area contributed by atoms with E-state index in [1.807, 2.05) is 6.07 Å². The number of anilines is 3. The summed E-state index contributed by atoms with van der Waals surface area (Å²) < 4.78 is 14.7. The van der Waals surface area contributed by atoms with Crippen LogP contribution >= 0.6 is 15.9 Å². The molecule has 0 bridgehead atoms. The van der Waals surface area contributed by atoms with Crippen molar-refractivity contribution in [3.8, 4) is 0 Å². The molecule has 0 saturated heterocycles. The number of carbonyl (C=O) groups is 2. The van der Waals surface area contributed by atoms with Crippen molar-refractivity contribution in [2.75, 3.05) is 22.1 Å². The van der Waals surface area contributed by atoms with Gasteiger partial charge in [0.15, 0.2) is 0 Å². The fourth-order valence-electron chi connectivity index (χ4n) is 7.24. The monoisotopic (exact) mass is 745 g/mol. The van der Waals surface area contributed by atoms with Crippen LogP contribution in [0.2, 0.25) is 0 Å². The molecular formula is C43H57BrFN3O2. The van der Waals surface area contributed by atoms with Crippen LogP contribution < -0.4 is 15.5 Å². The number of amides is 2. The highest BCUT2D eigenvalue weighted by atomic mass is 79.9. The molecule has 270 valence electrons. The fraction of sp³-hybridized carbons (Fsp3) is 0.535. The third-order valence-electron chi connectivity index (χ3n) is 10.2. The van der Waals surface area contributed by atoms with Gasteiger partial charge in [0.1, 0.15) is 5.82 Å². The first-order chi connectivity index (χ1) is 23.5. The topological polar surface area (TPSA) is 61.4 Å². The molecule has 3 aliphatic rings. The molecule has 0 aromatic heterocycles. The highest BCUT2D eigenvalue weighted by Gasteiger charge is 2.28. The number of rotatable bonds is 7. The Kier molecular flexibility index (Phi) is 11.9. The van der Waals surface area contributed by atoms with Crippen LogP contribution in [0, 0.1) is 30.5 Å². The molecule has 5 nitrogen and oxygen atoms in total.